The maximum absolute atomic E-state index is 5.27. The Morgan fingerprint density at radius 3 is 3.25 bits per heavy atom. The lowest BCUT2D eigenvalue weighted by Gasteiger charge is -2.31. The summed E-state index contributed by atoms with van der Waals surface area (Å²) in [5, 5.41) is 11.2. The van der Waals surface area contributed by atoms with Gasteiger partial charge in [0, 0.05) is 13.1 Å². The standard InChI is InChI=1S/C14H19N5O/c1-11-4-2-6-19(10-11)13-9-16-18-14(17-13)15-8-12-5-3-7-20-12/h3,5,7,9,11H,2,4,6,8,10H2,1H3,(H,15,17,18). The minimum Gasteiger partial charge on any atom is -0.467 e. The van der Waals surface area contributed by atoms with E-state index in [-0.39, 0.29) is 0 Å². The molecular formula is C14H19N5O. The lowest BCUT2D eigenvalue weighted by molar-refractivity contribution is 0.444. The van der Waals surface area contributed by atoms with Gasteiger partial charge in [0.25, 0.3) is 0 Å². The number of aromatic nitrogens is 3. The van der Waals surface area contributed by atoms with Gasteiger partial charge in [0.05, 0.1) is 19.0 Å². The van der Waals surface area contributed by atoms with Gasteiger partial charge in [-0.15, -0.1) is 5.10 Å². The summed E-state index contributed by atoms with van der Waals surface area (Å²) in [5.41, 5.74) is 0. The molecule has 1 N–H and O–H groups in total. The fourth-order valence-corrected chi connectivity index (χ4v) is 2.50. The maximum atomic E-state index is 5.27. The first-order valence-electron chi connectivity index (χ1n) is 7.02. The molecule has 0 radical (unpaired) electrons. The summed E-state index contributed by atoms with van der Waals surface area (Å²) >= 11 is 0. The van der Waals surface area contributed by atoms with Crippen LogP contribution in [0.25, 0.3) is 0 Å². The molecule has 1 saturated heterocycles. The molecule has 0 spiro atoms. The van der Waals surface area contributed by atoms with Gasteiger partial charge in [-0.05, 0) is 30.9 Å². The Morgan fingerprint density at radius 1 is 1.50 bits per heavy atom. The van der Waals surface area contributed by atoms with Crippen LogP contribution in [0.5, 0.6) is 0 Å². The number of rotatable bonds is 4. The zero-order chi connectivity index (χ0) is 13.8. The molecule has 0 amide bonds. The topological polar surface area (TPSA) is 67.1 Å². The van der Waals surface area contributed by atoms with Crippen LogP contribution in [0.3, 0.4) is 0 Å². The number of hydrogen-bond acceptors (Lipinski definition) is 6. The Kier molecular flexibility index (Phi) is 3.80. The van der Waals surface area contributed by atoms with Crippen LogP contribution < -0.4 is 10.2 Å². The highest BCUT2D eigenvalue weighted by atomic mass is 16.3. The number of nitrogens with zero attached hydrogens (tertiary/aromatic N) is 4. The zero-order valence-electron chi connectivity index (χ0n) is 11.6. The van der Waals surface area contributed by atoms with Crippen LogP contribution >= 0.6 is 0 Å². The summed E-state index contributed by atoms with van der Waals surface area (Å²) in [6.45, 7) is 4.92. The fourth-order valence-electron chi connectivity index (χ4n) is 2.50. The molecule has 6 heteroatoms. The van der Waals surface area contributed by atoms with Crippen LogP contribution in [-0.4, -0.2) is 28.3 Å². The zero-order valence-corrected chi connectivity index (χ0v) is 11.6. The second kappa shape index (κ2) is 5.90. The van der Waals surface area contributed by atoms with E-state index in [0.717, 1.165) is 24.7 Å². The molecule has 3 rings (SSSR count). The van der Waals surface area contributed by atoms with Gasteiger partial charge >= 0.3 is 0 Å². The Hall–Kier alpha value is -2.11. The van der Waals surface area contributed by atoms with Crippen LogP contribution in [0.2, 0.25) is 0 Å². The van der Waals surface area contributed by atoms with Crippen molar-refractivity contribution >= 4 is 11.8 Å². The highest BCUT2D eigenvalue weighted by Crippen LogP contribution is 2.21. The van der Waals surface area contributed by atoms with Gasteiger partial charge in [0.1, 0.15) is 5.76 Å². The molecule has 0 saturated carbocycles. The quantitative estimate of drug-likeness (QED) is 0.922. The van der Waals surface area contributed by atoms with Crippen molar-refractivity contribution in [3.63, 3.8) is 0 Å². The van der Waals surface area contributed by atoms with Gasteiger partial charge in [0.15, 0.2) is 5.82 Å². The molecule has 2 aromatic rings. The van der Waals surface area contributed by atoms with Gasteiger partial charge in [-0.3, -0.25) is 0 Å². The number of anilines is 2. The molecule has 1 atom stereocenters. The van der Waals surface area contributed by atoms with Gasteiger partial charge in [-0.2, -0.15) is 10.1 Å². The van der Waals surface area contributed by atoms with Gasteiger partial charge < -0.3 is 14.6 Å². The van der Waals surface area contributed by atoms with Gasteiger partial charge in [0.2, 0.25) is 5.95 Å². The van der Waals surface area contributed by atoms with E-state index in [1.165, 1.54) is 12.8 Å². The van der Waals surface area contributed by atoms with Crippen molar-refractivity contribution in [1.82, 2.24) is 15.2 Å². The Morgan fingerprint density at radius 2 is 2.45 bits per heavy atom. The first-order chi connectivity index (χ1) is 9.81. The molecule has 6 nitrogen and oxygen atoms in total. The van der Waals surface area contributed by atoms with Crippen molar-refractivity contribution in [2.75, 3.05) is 23.3 Å². The van der Waals surface area contributed by atoms with E-state index in [0.29, 0.717) is 18.4 Å². The van der Waals surface area contributed by atoms with Crippen molar-refractivity contribution in [3.8, 4) is 0 Å². The van der Waals surface area contributed by atoms with E-state index >= 15 is 0 Å². The molecule has 20 heavy (non-hydrogen) atoms. The minimum atomic E-state index is 0.539. The predicted molar refractivity (Wildman–Crippen MR) is 76.5 cm³/mol. The summed E-state index contributed by atoms with van der Waals surface area (Å²) in [6.07, 6.45) is 5.89. The Labute approximate surface area is 118 Å². The van der Waals surface area contributed by atoms with Crippen molar-refractivity contribution in [2.24, 2.45) is 5.92 Å². The molecule has 0 aliphatic carbocycles. The summed E-state index contributed by atoms with van der Waals surface area (Å²) in [4.78, 5) is 6.81. The lowest BCUT2D eigenvalue weighted by atomic mass is 10.0. The molecule has 3 heterocycles. The average molecular weight is 273 g/mol. The Bertz CT molecular complexity index is 542. The van der Waals surface area contributed by atoms with Crippen molar-refractivity contribution in [3.05, 3.63) is 30.4 Å². The van der Waals surface area contributed by atoms with Crippen LogP contribution in [0.1, 0.15) is 25.5 Å². The average Bonchev–Trinajstić information content (AvgIpc) is 2.99. The number of hydrogen-bond donors (Lipinski definition) is 1. The van der Waals surface area contributed by atoms with E-state index in [1.807, 2.05) is 12.1 Å². The second-order valence-corrected chi connectivity index (χ2v) is 5.26. The van der Waals surface area contributed by atoms with Crippen LogP contribution in [-0.2, 0) is 6.54 Å². The van der Waals surface area contributed by atoms with Crippen LogP contribution in [0, 0.1) is 5.92 Å². The molecule has 1 aliphatic heterocycles. The molecule has 106 valence electrons. The van der Waals surface area contributed by atoms with Gasteiger partial charge in [-0.25, -0.2) is 0 Å². The molecule has 0 aromatic carbocycles. The third kappa shape index (κ3) is 3.07. The smallest absolute Gasteiger partial charge is 0.245 e. The first kappa shape index (κ1) is 12.9. The van der Waals surface area contributed by atoms with E-state index in [1.54, 1.807) is 12.5 Å². The third-order valence-corrected chi connectivity index (χ3v) is 3.53. The normalized spacial score (nSPS) is 19.1. The summed E-state index contributed by atoms with van der Waals surface area (Å²) in [5.74, 6) is 2.99. The van der Waals surface area contributed by atoms with Crippen LogP contribution in [0.4, 0.5) is 11.8 Å². The van der Waals surface area contributed by atoms with Crippen molar-refractivity contribution in [1.29, 1.82) is 0 Å². The predicted octanol–water partition coefficient (Wildman–Crippen LogP) is 2.31. The monoisotopic (exact) mass is 273 g/mol. The molecule has 0 bridgehead atoms. The largest absolute Gasteiger partial charge is 0.467 e. The minimum absolute atomic E-state index is 0.539. The number of furan rings is 1. The molecule has 1 fully saturated rings. The second-order valence-electron chi connectivity index (χ2n) is 5.26. The summed E-state index contributed by atoms with van der Waals surface area (Å²) in [6, 6.07) is 3.78. The van der Waals surface area contributed by atoms with E-state index in [4.69, 9.17) is 4.42 Å². The third-order valence-electron chi connectivity index (χ3n) is 3.53. The maximum Gasteiger partial charge on any atom is 0.245 e. The fraction of sp³-hybridized carbons (Fsp3) is 0.500. The van der Waals surface area contributed by atoms with Crippen LogP contribution in [0.15, 0.2) is 29.0 Å². The highest BCUT2D eigenvalue weighted by molar-refractivity contribution is 5.40. The van der Waals surface area contributed by atoms with Crippen molar-refractivity contribution < 1.29 is 4.42 Å². The van der Waals surface area contributed by atoms with Crippen molar-refractivity contribution in [2.45, 2.75) is 26.3 Å². The molecule has 1 unspecified atom stereocenters. The molecule has 2 aromatic heterocycles. The SMILES string of the molecule is CC1CCCN(c2cnnc(NCc3ccco3)n2)C1. The molecule has 1 aliphatic rings. The number of nitrogens with one attached hydrogen (secondary N) is 1. The molecular weight excluding hydrogens is 254 g/mol. The highest BCUT2D eigenvalue weighted by Gasteiger charge is 2.18. The van der Waals surface area contributed by atoms with E-state index in [9.17, 15) is 0 Å². The Balaban J connectivity index is 1.66. The number of piperidine rings is 1. The first-order valence-corrected chi connectivity index (χ1v) is 7.02. The summed E-state index contributed by atoms with van der Waals surface area (Å²) in [7, 11) is 0. The van der Waals surface area contributed by atoms with E-state index < -0.39 is 0 Å². The van der Waals surface area contributed by atoms with Gasteiger partial charge in [-0.1, -0.05) is 6.92 Å². The lowest BCUT2D eigenvalue weighted by Crippen LogP contribution is -2.35. The van der Waals surface area contributed by atoms with E-state index in [2.05, 4.69) is 32.3 Å². The summed E-state index contributed by atoms with van der Waals surface area (Å²) < 4.78 is 5.27.